The average molecular weight is 316 g/mol. The van der Waals surface area contributed by atoms with Gasteiger partial charge in [0.2, 0.25) is 5.91 Å². The summed E-state index contributed by atoms with van der Waals surface area (Å²) in [7, 11) is 1.72. The van der Waals surface area contributed by atoms with Gasteiger partial charge in [-0.15, -0.1) is 11.3 Å². The Labute approximate surface area is 127 Å². The minimum Gasteiger partial charge on any atom is -0.481 e. The van der Waals surface area contributed by atoms with E-state index in [1.807, 2.05) is 13.0 Å². The number of amides is 1. The van der Waals surface area contributed by atoms with Crippen LogP contribution < -0.4 is 0 Å². The summed E-state index contributed by atoms with van der Waals surface area (Å²) in [6.07, 6.45) is 1.25. The number of hydrogen-bond donors (Lipinski definition) is 1. The molecule has 0 saturated heterocycles. The number of halogens is 1. The Morgan fingerprint density at radius 3 is 2.60 bits per heavy atom. The summed E-state index contributed by atoms with van der Waals surface area (Å²) in [5.74, 6) is -1.60. The van der Waals surface area contributed by atoms with E-state index in [4.69, 9.17) is 11.6 Å². The van der Waals surface area contributed by atoms with Crippen LogP contribution in [0, 0.1) is 17.8 Å². The first-order chi connectivity index (χ1) is 9.38. The molecule has 1 unspecified atom stereocenters. The third kappa shape index (κ3) is 3.33. The summed E-state index contributed by atoms with van der Waals surface area (Å²) in [5.41, 5.74) is 0. The van der Waals surface area contributed by atoms with E-state index in [1.165, 1.54) is 11.3 Å². The summed E-state index contributed by atoms with van der Waals surface area (Å²) in [6, 6.07) is 3.69. The van der Waals surface area contributed by atoms with Crippen molar-refractivity contribution in [2.45, 2.75) is 26.3 Å². The highest BCUT2D eigenvalue weighted by Gasteiger charge is 2.42. The van der Waals surface area contributed by atoms with Crippen LogP contribution in [-0.4, -0.2) is 28.9 Å². The zero-order valence-corrected chi connectivity index (χ0v) is 13.1. The Morgan fingerprint density at radius 2 is 2.05 bits per heavy atom. The molecule has 1 aromatic rings. The highest BCUT2D eigenvalue weighted by atomic mass is 35.5. The molecule has 20 heavy (non-hydrogen) atoms. The van der Waals surface area contributed by atoms with Gasteiger partial charge in [0.25, 0.3) is 0 Å². The van der Waals surface area contributed by atoms with Gasteiger partial charge in [-0.2, -0.15) is 0 Å². The van der Waals surface area contributed by atoms with Crippen molar-refractivity contribution >= 4 is 34.8 Å². The van der Waals surface area contributed by atoms with Gasteiger partial charge in [-0.1, -0.05) is 18.5 Å². The summed E-state index contributed by atoms with van der Waals surface area (Å²) in [4.78, 5) is 26.3. The minimum absolute atomic E-state index is 0.0775. The van der Waals surface area contributed by atoms with Crippen molar-refractivity contribution in [3.63, 3.8) is 0 Å². The van der Waals surface area contributed by atoms with E-state index < -0.39 is 17.8 Å². The van der Waals surface area contributed by atoms with Gasteiger partial charge in [-0.25, -0.2) is 0 Å². The van der Waals surface area contributed by atoms with Gasteiger partial charge in [-0.3, -0.25) is 9.59 Å². The van der Waals surface area contributed by atoms with E-state index in [-0.39, 0.29) is 11.8 Å². The van der Waals surface area contributed by atoms with Crippen LogP contribution in [0.2, 0.25) is 4.34 Å². The number of hydrogen-bond acceptors (Lipinski definition) is 3. The Kier molecular flexibility index (Phi) is 4.70. The molecule has 110 valence electrons. The van der Waals surface area contributed by atoms with Crippen LogP contribution in [0.3, 0.4) is 0 Å². The highest BCUT2D eigenvalue weighted by Crippen LogP contribution is 2.37. The molecule has 0 radical (unpaired) electrons. The Bertz CT molecular complexity index is 516. The molecule has 0 bridgehead atoms. The molecule has 2 rings (SSSR count). The Hall–Kier alpha value is -1.07. The molecular formula is C14H18ClNO3S. The lowest BCUT2D eigenvalue weighted by Crippen LogP contribution is -2.36. The molecule has 1 aliphatic rings. The molecule has 1 aromatic heterocycles. The van der Waals surface area contributed by atoms with Crippen LogP contribution in [0.25, 0.3) is 0 Å². The topological polar surface area (TPSA) is 57.6 Å². The molecule has 3 atom stereocenters. The lowest BCUT2D eigenvalue weighted by molar-refractivity contribution is -0.148. The number of thiophene rings is 1. The number of carbonyl (C=O) groups is 2. The van der Waals surface area contributed by atoms with E-state index >= 15 is 0 Å². The van der Waals surface area contributed by atoms with E-state index in [0.717, 1.165) is 4.88 Å². The number of rotatable bonds is 4. The van der Waals surface area contributed by atoms with Crippen molar-refractivity contribution in [2.24, 2.45) is 17.8 Å². The van der Waals surface area contributed by atoms with Crippen LogP contribution in [-0.2, 0) is 16.1 Å². The normalized spacial score (nSPS) is 25.6. The highest BCUT2D eigenvalue weighted by molar-refractivity contribution is 7.16. The molecule has 1 fully saturated rings. The predicted octanol–water partition coefficient (Wildman–Crippen LogP) is 3.11. The van der Waals surface area contributed by atoms with Crippen LogP contribution in [0.4, 0.5) is 0 Å². The zero-order valence-electron chi connectivity index (χ0n) is 11.5. The fourth-order valence-corrected chi connectivity index (χ4v) is 4.01. The first-order valence-corrected chi connectivity index (χ1v) is 7.80. The minimum atomic E-state index is -0.861. The molecule has 0 aromatic carbocycles. The van der Waals surface area contributed by atoms with Gasteiger partial charge in [0.1, 0.15) is 0 Å². The van der Waals surface area contributed by atoms with Crippen LogP contribution in [0.5, 0.6) is 0 Å². The molecular weight excluding hydrogens is 298 g/mol. The SMILES string of the molecule is CC1C[C@H](C(=O)N(C)Cc2ccc(Cl)s2)[C@H](C(=O)O)C1. The second-order valence-electron chi connectivity index (χ2n) is 5.53. The van der Waals surface area contributed by atoms with Crippen LogP contribution in [0.15, 0.2) is 12.1 Å². The lowest BCUT2D eigenvalue weighted by atomic mass is 9.95. The third-order valence-electron chi connectivity index (χ3n) is 3.83. The molecule has 1 N–H and O–H groups in total. The molecule has 1 heterocycles. The van der Waals surface area contributed by atoms with Crippen molar-refractivity contribution in [2.75, 3.05) is 7.05 Å². The first kappa shape index (κ1) is 15.3. The quantitative estimate of drug-likeness (QED) is 0.928. The summed E-state index contributed by atoms with van der Waals surface area (Å²) >= 11 is 7.31. The standard InChI is InChI=1S/C14H18ClNO3S/c1-8-5-10(11(6-8)14(18)19)13(17)16(2)7-9-3-4-12(15)20-9/h3-4,8,10-11H,5-7H2,1-2H3,(H,18,19)/t8?,10-,11+/m0/s1. The molecule has 4 nitrogen and oxygen atoms in total. The fourth-order valence-electron chi connectivity index (χ4n) is 2.87. The number of carboxylic acid groups (broad SMARTS) is 1. The van der Waals surface area contributed by atoms with Gasteiger partial charge in [0.15, 0.2) is 0 Å². The molecule has 6 heteroatoms. The second kappa shape index (κ2) is 6.14. The van der Waals surface area contributed by atoms with E-state index in [1.54, 1.807) is 18.0 Å². The van der Waals surface area contributed by atoms with Gasteiger partial charge >= 0.3 is 5.97 Å². The molecule has 0 aliphatic heterocycles. The Balaban J connectivity index is 2.04. The van der Waals surface area contributed by atoms with E-state index in [2.05, 4.69) is 0 Å². The molecule has 0 spiro atoms. The summed E-state index contributed by atoms with van der Waals surface area (Å²) < 4.78 is 0.693. The van der Waals surface area contributed by atoms with Gasteiger partial charge in [-0.05, 0) is 30.9 Å². The van der Waals surface area contributed by atoms with Gasteiger partial charge < -0.3 is 10.0 Å². The third-order valence-corrected chi connectivity index (χ3v) is 5.05. The van der Waals surface area contributed by atoms with Crippen LogP contribution >= 0.6 is 22.9 Å². The zero-order chi connectivity index (χ0) is 14.9. The molecule has 1 amide bonds. The van der Waals surface area contributed by atoms with E-state index in [0.29, 0.717) is 23.7 Å². The number of nitrogens with zero attached hydrogens (tertiary/aromatic N) is 1. The lowest BCUT2D eigenvalue weighted by Gasteiger charge is -2.23. The first-order valence-electron chi connectivity index (χ1n) is 6.60. The predicted molar refractivity (Wildman–Crippen MR) is 78.8 cm³/mol. The van der Waals surface area contributed by atoms with Crippen molar-refractivity contribution in [3.05, 3.63) is 21.3 Å². The number of carboxylic acids is 1. The van der Waals surface area contributed by atoms with Gasteiger partial charge in [0, 0.05) is 11.9 Å². The molecule has 1 aliphatic carbocycles. The van der Waals surface area contributed by atoms with Crippen molar-refractivity contribution < 1.29 is 14.7 Å². The number of carbonyl (C=O) groups excluding carboxylic acids is 1. The average Bonchev–Trinajstić information content (AvgIpc) is 2.94. The number of aliphatic carboxylic acids is 1. The smallest absolute Gasteiger partial charge is 0.307 e. The Morgan fingerprint density at radius 1 is 1.40 bits per heavy atom. The fraction of sp³-hybridized carbons (Fsp3) is 0.571. The van der Waals surface area contributed by atoms with Gasteiger partial charge in [0.05, 0.1) is 22.7 Å². The van der Waals surface area contributed by atoms with E-state index in [9.17, 15) is 14.7 Å². The second-order valence-corrected chi connectivity index (χ2v) is 7.33. The monoisotopic (exact) mass is 315 g/mol. The maximum absolute atomic E-state index is 12.5. The van der Waals surface area contributed by atoms with Crippen molar-refractivity contribution in [1.82, 2.24) is 4.90 Å². The van der Waals surface area contributed by atoms with Crippen LogP contribution in [0.1, 0.15) is 24.6 Å². The summed E-state index contributed by atoms with van der Waals surface area (Å²) in [6.45, 7) is 2.48. The summed E-state index contributed by atoms with van der Waals surface area (Å²) in [5, 5.41) is 9.24. The molecule has 1 saturated carbocycles. The van der Waals surface area contributed by atoms with Crippen molar-refractivity contribution in [1.29, 1.82) is 0 Å². The van der Waals surface area contributed by atoms with Crippen molar-refractivity contribution in [3.8, 4) is 0 Å². The maximum Gasteiger partial charge on any atom is 0.307 e. The largest absolute Gasteiger partial charge is 0.481 e. The maximum atomic E-state index is 12.5.